The average molecular weight is 695 g/mol. The third kappa shape index (κ3) is 7.10. The number of nitrogens with one attached hydrogen (secondary N) is 3. The number of nitrogens with two attached hydrogens (primary N) is 1. The van der Waals surface area contributed by atoms with E-state index in [9.17, 15) is 22.8 Å². The minimum Gasteiger partial charge on any atom is -0.382 e. The van der Waals surface area contributed by atoms with E-state index in [1.165, 1.54) is 16.9 Å². The first kappa shape index (κ1) is 31.0. The number of hydrogen-bond acceptors (Lipinski definition) is 6. The molecule has 0 radical (unpaired) electrons. The normalized spacial score (nSPS) is 12.0. The average Bonchev–Trinajstić information content (AvgIpc) is 3.29. The van der Waals surface area contributed by atoms with Gasteiger partial charge in [-0.1, -0.05) is 40.8 Å². The minimum atomic E-state index is -4.54. The molecule has 0 saturated carbocycles. The number of likely N-dealkylation sites (N-methyl/N-ethyl adjacent to an activating group) is 1. The smallest absolute Gasteiger partial charge is 0.382 e. The molecule has 0 unspecified atom stereocenters. The fourth-order valence-corrected chi connectivity index (χ4v) is 5.36. The van der Waals surface area contributed by atoms with Crippen molar-refractivity contribution in [2.45, 2.75) is 30.0 Å². The van der Waals surface area contributed by atoms with Crippen molar-refractivity contribution < 1.29 is 22.8 Å². The quantitative estimate of drug-likeness (QED) is 0.140. The number of alkyl halides is 4. The number of urea groups is 1. The Labute approximate surface area is 254 Å². The van der Waals surface area contributed by atoms with Gasteiger partial charge in [0.15, 0.2) is 5.82 Å². The molecule has 5 N–H and O–H groups in total. The van der Waals surface area contributed by atoms with Crippen LogP contribution in [0.1, 0.15) is 35.3 Å². The number of carbonyl (C=O) groups is 2. The maximum Gasteiger partial charge on any atom is 0.416 e. The number of nitrogens with zero attached hydrogens (tertiary/aromatic N) is 4. The highest BCUT2D eigenvalue weighted by molar-refractivity contribution is 14.1. The predicted molar refractivity (Wildman–Crippen MR) is 165 cm³/mol. The van der Waals surface area contributed by atoms with E-state index in [4.69, 9.17) is 5.73 Å². The predicted octanol–water partition coefficient (Wildman–Crippen LogP) is 5.65. The number of halogens is 4. The zero-order chi connectivity index (χ0) is 30.8. The topological polar surface area (TPSA) is 130 Å². The van der Waals surface area contributed by atoms with Crippen molar-refractivity contribution in [2.75, 3.05) is 37.0 Å². The number of hydrogen-bond donors (Lipinski definition) is 4. The largest absolute Gasteiger partial charge is 0.416 e. The van der Waals surface area contributed by atoms with Crippen LogP contribution in [0.4, 0.5) is 35.2 Å². The Balaban J connectivity index is 1.61. The summed E-state index contributed by atoms with van der Waals surface area (Å²) in [5.74, 6) is -0.143. The Hall–Kier alpha value is -3.92. The lowest BCUT2D eigenvalue weighted by atomic mass is 9.99. The van der Waals surface area contributed by atoms with Crippen LogP contribution >= 0.6 is 22.6 Å². The standard InChI is InChI=1S/C28H30F3IN8O2/c1-27(2,14-39(3)4)38-25(41)20-13-40-23(24(33)34-15-35-40)22(20)16-6-9-19(10-7-16)36-26(42)37-21-11-18(28(29,30)31)8-5-17(21)12-32/h5-11,13,15H,12,14H2,1-4H3,(H,38,41)(H2,33,34,35)(H2,36,37,42). The molecular weight excluding hydrogens is 664 g/mol. The van der Waals surface area contributed by atoms with Gasteiger partial charge in [0.1, 0.15) is 11.8 Å². The van der Waals surface area contributed by atoms with Crippen LogP contribution in [0.3, 0.4) is 0 Å². The molecule has 2 aromatic heterocycles. The molecule has 222 valence electrons. The van der Waals surface area contributed by atoms with E-state index in [2.05, 4.69) is 26.0 Å². The Morgan fingerprint density at radius 1 is 1.07 bits per heavy atom. The van der Waals surface area contributed by atoms with Gasteiger partial charge >= 0.3 is 12.2 Å². The van der Waals surface area contributed by atoms with Crippen LogP contribution in [0.15, 0.2) is 55.0 Å². The highest BCUT2D eigenvalue weighted by Crippen LogP contribution is 2.34. The third-order valence-corrected chi connectivity index (χ3v) is 7.09. The van der Waals surface area contributed by atoms with Gasteiger partial charge in [0.25, 0.3) is 5.91 Å². The number of fused-ring (bicyclic) bond motifs is 1. The highest BCUT2D eigenvalue weighted by Gasteiger charge is 2.31. The molecule has 2 heterocycles. The summed E-state index contributed by atoms with van der Waals surface area (Å²) in [5, 5.41) is 12.4. The summed E-state index contributed by atoms with van der Waals surface area (Å²) in [6.07, 6.45) is -1.66. The summed E-state index contributed by atoms with van der Waals surface area (Å²) in [5.41, 5.74) is 7.69. The van der Waals surface area contributed by atoms with Crippen molar-refractivity contribution in [2.24, 2.45) is 0 Å². The van der Waals surface area contributed by atoms with Gasteiger partial charge in [-0.2, -0.15) is 18.3 Å². The SMILES string of the molecule is CN(C)CC(C)(C)NC(=O)c1cn2ncnc(N)c2c1-c1ccc(NC(=O)Nc2cc(C(F)(F)F)ccc2CI)cc1. The van der Waals surface area contributed by atoms with Crippen molar-refractivity contribution >= 4 is 57.2 Å². The zero-order valence-electron chi connectivity index (χ0n) is 23.3. The van der Waals surface area contributed by atoms with E-state index in [1.807, 2.05) is 55.4 Å². The molecule has 0 bridgehead atoms. The van der Waals surface area contributed by atoms with Crippen molar-refractivity contribution in [1.29, 1.82) is 0 Å². The van der Waals surface area contributed by atoms with Gasteiger partial charge < -0.3 is 26.6 Å². The molecule has 2 aromatic carbocycles. The molecule has 42 heavy (non-hydrogen) atoms. The fraction of sp³-hybridized carbons (Fsp3) is 0.286. The van der Waals surface area contributed by atoms with E-state index in [-0.39, 0.29) is 17.4 Å². The summed E-state index contributed by atoms with van der Waals surface area (Å²) in [6.45, 7) is 4.44. The summed E-state index contributed by atoms with van der Waals surface area (Å²) < 4.78 is 41.5. The van der Waals surface area contributed by atoms with Crippen LogP contribution in [0.2, 0.25) is 0 Å². The van der Waals surface area contributed by atoms with Crippen molar-refractivity contribution in [1.82, 2.24) is 24.8 Å². The lowest BCUT2D eigenvalue weighted by molar-refractivity contribution is -0.137. The third-order valence-electron chi connectivity index (χ3n) is 6.27. The number of aromatic nitrogens is 3. The molecule has 4 rings (SSSR count). The molecule has 0 aliphatic heterocycles. The molecule has 4 aromatic rings. The molecule has 0 fully saturated rings. The Bertz CT molecular complexity index is 1620. The second-order valence-electron chi connectivity index (χ2n) is 10.6. The van der Waals surface area contributed by atoms with Crippen molar-refractivity contribution in [3.8, 4) is 11.1 Å². The minimum absolute atomic E-state index is 0.0666. The number of anilines is 3. The Morgan fingerprint density at radius 3 is 2.38 bits per heavy atom. The molecule has 0 aliphatic rings. The van der Waals surface area contributed by atoms with E-state index in [1.54, 1.807) is 30.5 Å². The van der Waals surface area contributed by atoms with Gasteiger partial charge in [-0.3, -0.25) is 4.79 Å². The van der Waals surface area contributed by atoms with Crippen LogP contribution in [-0.2, 0) is 10.6 Å². The number of amides is 3. The first-order valence-electron chi connectivity index (χ1n) is 12.7. The lowest BCUT2D eigenvalue weighted by Crippen LogP contribution is -2.50. The fourth-order valence-electron chi connectivity index (χ4n) is 4.69. The maximum atomic E-state index is 13.5. The second-order valence-corrected chi connectivity index (χ2v) is 11.4. The lowest BCUT2D eigenvalue weighted by Gasteiger charge is -2.29. The summed E-state index contributed by atoms with van der Waals surface area (Å²) in [7, 11) is 3.83. The van der Waals surface area contributed by atoms with Crippen LogP contribution in [0.25, 0.3) is 16.6 Å². The summed E-state index contributed by atoms with van der Waals surface area (Å²) >= 11 is 2.01. The summed E-state index contributed by atoms with van der Waals surface area (Å²) in [6, 6.07) is 9.14. The van der Waals surface area contributed by atoms with Crippen LogP contribution in [0, 0.1) is 0 Å². The van der Waals surface area contributed by atoms with Crippen LogP contribution in [-0.4, -0.2) is 57.6 Å². The van der Waals surface area contributed by atoms with Crippen molar-refractivity contribution in [3.05, 3.63) is 71.7 Å². The number of carbonyl (C=O) groups excluding carboxylic acids is 2. The first-order valence-corrected chi connectivity index (χ1v) is 14.2. The molecule has 0 aliphatic carbocycles. The maximum absolute atomic E-state index is 13.5. The molecule has 10 nitrogen and oxygen atoms in total. The number of nitrogen functional groups attached to an aromatic ring is 1. The van der Waals surface area contributed by atoms with Gasteiger partial charge in [-0.05, 0) is 63.3 Å². The van der Waals surface area contributed by atoms with E-state index < -0.39 is 23.3 Å². The molecule has 0 spiro atoms. The monoisotopic (exact) mass is 694 g/mol. The molecule has 0 atom stereocenters. The van der Waals surface area contributed by atoms with Gasteiger partial charge in [-0.15, -0.1) is 0 Å². The van der Waals surface area contributed by atoms with E-state index in [0.717, 1.165) is 12.1 Å². The van der Waals surface area contributed by atoms with Crippen molar-refractivity contribution in [3.63, 3.8) is 0 Å². The van der Waals surface area contributed by atoms with Gasteiger partial charge in [0.05, 0.1) is 11.1 Å². The number of benzene rings is 2. The number of rotatable bonds is 8. The second kappa shape index (κ2) is 12.1. The van der Waals surface area contributed by atoms with Gasteiger partial charge in [-0.25, -0.2) is 14.3 Å². The Morgan fingerprint density at radius 2 is 1.76 bits per heavy atom. The first-order chi connectivity index (χ1) is 19.7. The Kier molecular flexibility index (Phi) is 8.96. The highest BCUT2D eigenvalue weighted by atomic mass is 127. The zero-order valence-corrected chi connectivity index (χ0v) is 25.5. The molecule has 3 amide bonds. The molecule has 0 saturated heterocycles. The van der Waals surface area contributed by atoms with E-state index in [0.29, 0.717) is 44.4 Å². The van der Waals surface area contributed by atoms with Gasteiger partial charge in [0.2, 0.25) is 0 Å². The van der Waals surface area contributed by atoms with Crippen LogP contribution < -0.4 is 21.7 Å². The van der Waals surface area contributed by atoms with Gasteiger partial charge in [0, 0.05) is 39.6 Å². The molecular formula is C28H30F3IN8O2. The van der Waals surface area contributed by atoms with E-state index >= 15 is 0 Å². The summed E-state index contributed by atoms with van der Waals surface area (Å²) in [4.78, 5) is 32.2. The van der Waals surface area contributed by atoms with Crippen LogP contribution in [0.5, 0.6) is 0 Å². The molecule has 14 heteroatoms.